The van der Waals surface area contributed by atoms with Crippen LogP contribution in [0.5, 0.6) is 0 Å². The van der Waals surface area contributed by atoms with Gasteiger partial charge in [0, 0.05) is 38.4 Å². The quantitative estimate of drug-likeness (QED) is 0.814. The number of halogens is 4. The van der Waals surface area contributed by atoms with Gasteiger partial charge in [0.15, 0.2) is 0 Å². The average Bonchev–Trinajstić information content (AvgIpc) is 2.79. The van der Waals surface area contributed by atoms with Gasteiger partial charge < -0.3 is 10.2 Å². The maximum Gasteiger partial charge on any atom is 0.417 e. The smallest absolute Gasteiger partial charge is 0.354 e. The van der Waals surface area contributed by atoms with Gasteiger partial charge in [0.25, 0.3) is 0 Å². The van der Waals surface area contributed by atoms with Crippen molar-refractivity contribution in [2.24, 2.45) is 5.92 Å². The number of amides is 1. The summed E-state index contributed by atoms with van der Waals surface area (Å²) in [6.07, 6.45) is -2.89. The highest BCUT2D eigenvalue weighted by Gasteiger charge is 2.32. The predicted octanol–water partition coefficient (Wildman–Crippen LogP) is 3.43. The summed E-state index contributed by atoms with van der Waals surface area (Å²) in [5.41, 5.74) is -0.858. The SMILES string of the molecule is CC(C)[C@@H](C)NC(=O)CN1CCCN(c2ncc(C(F)(F)F)cc2Cl)CC1. The molecule has 1 aliphatic heterocycles. The summed E-state index contributed by atoms with van der Waals surface area (Å²) in [6.45, 7) is 8.90. The van der Waals surface area contributed by atoms with E-state index in [2.05, 4.69) is 24.1 Å². The molecule has 0 unspecified atom stereocenters. The molecular formula is C18H26ClF3N4O. The zero-order valence-corrected chi connectivity index (χ0v) is 16.6. The average molecular weight is 407 g/mol. The minimum absolute atomic E-state index is 0.0122. The van der Waals surface area contributed by atoms with Crippen LogP contribution in [0.15, 0.2) is 12.3 Å². The summed E-state index contributed by atoms with van der Waals surface area (Å²) in [5.74, 6) is 0.696. The lowest BCUT2D eigenvalue weighted by molar-refractivity contribution is -0.137. The first-order chi connectivity index (χ1) is 12.6. The van der Waals surface area contributed by atoms with E-state index in [4.69, 9.17) is 11.6 Å². The van der Waals surface area contributed by atoms with Crippen LogP contribution < -0.4 is 10.2 Å². The maximum atomic E-state index is 12.8. The summed E-state index contributed by atoms with van der Waals surface area (Å²) in [7, 11) is 0. The summed E-state index contributed by atoms with van der Waals surface area (Å²) in [5, 5.41) is 2.97. The van der Waals surface area contributed by atoms with E-state index in [9.17, 15) is 18.0 Å². The largest absolute Gasteiger partial charge is 0.417 e. The van der Waals surface area contributed by atoms with Crippen molar-refractivity contribution in [1.29, 1.82) is 0 Å². The number of hydrogen-bond acceptors (Lipinski definition) is 4. The van der Waals surface area contributed by atoms with E-state index in [1.165, 1.54) is 0 Å². The molecular weight excluding hydrogens is 381 g/mol. The van der Waals surface area contributed by atoms with Crippen LogP contribution in [0.3, 0.4) is 0 Å². The summed E-state index contributed by atoms with van der Waals surface area (Å²) < 4.78 is 38.3. The Morgan fingerprint density at radius 2 is 1.96 bits per heavy atom. The number of carbonyl (C=O) groups excluding carboxylic acids is 1. The maximum absolute atomic E-state index is 12.8. The van der Waals surface area contributed by atoms with Gasteiger partial charge in [0.05, 0.1) is 17.1 Å². The molecule has 1 amide bonds. The molecule has 1 aromatic heterocycles. The molecule has 9 heteroatoms. The summed E-state index contributed by atoms with van der Waals surface area (Å²) in [6, 6.07) is 1.02. The lowest BCUT2D eigenvalue weighted by atomic mass is 10.1. The third-order valence-electron chi connectivity index (χ3n) is 4.79. The van der Waals surface area contributed by atoms with Gasteiger partial charge in [-0.25, -0.2) is 4.98 Å². The van der Waals surface area contributed by atoms with Gasteiger partial charge in [-0.2, -0.15) is 13.2 Å². The number of hydrogen-bond donors (Lipinski definition) is 1. The zero-order valence-electron chi connectivity index (χ0n) is 15.8. The lowest BCUT2D eigenvalue weighted by Crippen LogP contribution is -2.43. The number of aromatic nitrogens is 1. The highest BCUT2D eigenvalue weighted by atomic mass is 35.5. The topological polar surface area (TPSA) is 48.5 Å². The molecule has 1 aliphatic rings. The first kappa shape index (κ1) is 21.8. The Balaban J connectivity index is 1.96. The van der Waals surface area contributed by atoms with E-state index in [0.29, 0.717) is 37.9 Å². The molecule has 152 valence electrons. The highest BCUT2D eigenvalue weighted by molar-refractivity contribution is 6.33. The van der Waals surface area contributed by atoms with Gasteiger partial charge in [-0.05, 0) is 25.3 Å². The molecule has 0 radical (unpaired) electrons. The van der Waals surface area contributed by atoms with Crippen LogP contribution in [0.1, 0.15) is 32.8 Å². The van der Waals surface area contributed by atoms with Crippen molar-refractivity contribution in [2.45, 2.75) is 39.4 Å². The van der Waals surface area contributed by atoms with E-state index in [0.717, 1.165) is 25.2 Å². The zero-order chi connectivity index (χ0) is 20.2. The fourth-order valence-electron chi connectivity index (χ4n) is 2.83. The van der Waals surface area contributed by atoms with E-state index in [1.54, 1.807) is 0 Å². The van der Waals surface area contributed by atoms with Crippen molar-refractivity contribution in [3.05, 3.63) is 22.8 Å². The van der Waals surface area contributed by atoms with Crippen molar-refractivity contribution in [2.75, 3.05) is 37.6 Å². The third-order valence-corrected chi connectivity index (χ3v) is 5.07. The van der Waals surface area contributed by atoms with Crippen LogP contribution in [0.25, 0.3) is 0 Å². The second kappa shape index (κ2) is 9.10. The standard InChI is InChI=1S/C18H26ClF3N4O/c1-12(2)13(3)24-16(27)11-25-5-4-6-26(8-7-25)17-15(19)9-14(10-23-17)18(20,21)22/h9-10,12-13H,4-8,11H2,1-3H3,(H,24,27)/t13-/m1/s1. The lowest BCUT2D eigenvalue weighted by Gasteiger charge is -2.24. The van der Waals surface area contributed by atoms with Crippen molar-refractivity contribution in [1.82, 2.24) is 15.2 Å². The normalized spacial score (nSPS) is 17.7. The fraction of sp³-hybridized carbons (Fsp3) is 0.667. The van der Waals surface area contributed by atoms with Crippen LogP contribution in [0, 0.1) is 5.92 Å². The van der Waals surface area contributed by atoms with E-state index >= 15 is 0 Å². The number of anilines is 1. The Morgan fingerprint density at radius 1 is 1.26 bits per heavy atom. The van der Waals surface area contributed by atoms with Crippen molar-refractivity contribution in [3.63, 3.8) is 0 Å². The van der Waals surface area contributed by atoms with Gasteiger partial charge in [-0.3, -0.25) is 9.69 Å². The minimum Gasteiger partial charge on any atom is -0.354 e. The van der Waals surface area contributed by atoms with Crippen molar-refractivity contribution in [3.8, 4) is 0 Å². The molecule has 1 atom stereocenters. The van der Waals surface area contributed by atoms with E-state index in [1.807, 2.05) is 16.7 Å². The molecule has 1 aromatic rings. The molecule has 5 nitrogen and oxygen atoms in total. The molecule has 1 N–H and O–H groups in total. The number of nitrogens with zero attached hydrogens (tertiary/aromatic N) is 3. The van der Waals surface area contributed by atoms with Crippen LogP contribution in [-0.4, -0.2) is 54.6 Å². The Labute approximate surface area is 162 Å². The van der Waals surface area contributed by atoms with Crippen LogP contribution in [0.2, 0.25) is 5.02 Å². The molecule has 0 spiro atoms. The van der Waals surface area contributed by atoms with Crippen LogP contribution in [0.4, 0.5) is 19.0 Å². The number of rotatable bonds is 5. The van der Waals surface area contributed by atoms with Gasteiger partial charge in [-0.1, -0.05) is 25.4 Å². The third kappa shape index (κ3) is 6.24. The summed E-state index contributed by atoms with van der Waals surface area (Å²) >= 11 is 6.05. The molecule has 2 heterocycles. The molecule has 0 aliphatic carbocycles. The minimum atomic E-state index is -4.47. The van der Waals surface area contributed by atoms with Gasteiger partial charge in [0.1, 0.15) is 5.82 Å². The first-order valence-corrected chi connectivity index (χ1v) is 9.45. The summed E-state index contributed by atoms with van der Waals surface area (Å²) in [4.78, 5) is 20.0. The predicted molar refractivity (Wildman–Crippen MR) is 100.0 cm³/mol. The van der Waals surface area contributed by atoms with E-state index < -0.39 is 11.7 Å². The number of nitrogens with one attached hydrogen (secondary N) is 1. The fourth-order valence-corrected chi connectivity index (χ4v) is 3.11. The molecule has 0 aromatic carbocycles. The second-order valence-electron chi connectivity index (χ2n) is 7.24. The van der Waals surface area contributed by atoms with E-state index in [-0.39, 0.29) is 17.0 Å². The molecule has 2 rings (SSSR count). The van der Waals surface area contributed by atoms with Crippen LogP contribution >= 0.6 is 11.6 Å². The molecule has 27 heavy (non-hydrogen) atoms. The highest BCUT2D eigenvalue weighted by Crippen LogP contribution is 2.33. The number of pyridine rings is 1. The molecule has 0 saturated carbocycles. The number of alkyl halides is 3. The molecule has 0 bridgehead atoms. The van der Waals surface area contributed by atoms with Gasteiger partial charge in [-0.15, -0.1) is 0 Å². The first-order valence-electron chi connectivity index (χ1n) is 9.07. The molecule has 1 fully saturated rings. The van der Waals surface area contributed by atoms with Gasteiger partial charge >= 0.3 is 6.18 Å². The Hall–Kier alpha value is -1.54. The Bertz CT molecular complexity index is 654. The second-order valence-corrected chi connectivity index (χ2v) is 7.65. The van der Waals surface area contributed by atoms with Gasteiger partial charge in [0.2, 0.25) is 5.91 Å². The molecule has 1 saturated heterocycles. The number of carbonyl (C=O) groups is 1. The Kier molecular flexibility index (Phi) is 7.33. The monoisotopic (exact) mass is 406 g/mol. The van der Waals surface area contributed by atoms with Crippen molar-refractivity contribution < 1.29 is 18.0 Å². The van der Waals surface area contributed by atoms with Crippen LogP contribution in [-0.2, 0) is 11.0 Å². The van der Waals surface area contributed by atoms with Crippen molar-refractivity contribution >= 4 is 23.3 Å². The Morgan fingerprint density at radius 3 is 2.56 bits per heavy atom.